The highest BCUT2D eigenvalue weighted by molar-refractivity contribution is 5.36. The van der Waals surface area contributed by atoms with Crippen molar-refractivity contribution in [2.24, 2.45) is 5.92 Å². The number of aromatic hydroxyl groups is 1. The van der Waals surface area contributed by atoms with Crippen LogP contribution in [0.3, 0.4) is 0 Å². The van der Waals surface area contributed by atoms with Crippen molar-refractivity contribution in [1.29, 1.82) is 5.26 Å². The lowest BCUT2D eigenvalue weighted by molar-refractivity contribution is 0.265. The van der Waals surface area contributed by atoms with E-state index in [-0.39, 0.29) is 11.2 Å². The SMILES string of the molecule is CCCC1CCC(C#N)(c2ccc(O)cc2)CC1. The van der Waals surface area contributed by atoms with Gasteiger partial charge < -0.3 is 5.11 Å². The van der Waals surface area contributed by atoms with Crippen LogP contribution in [0, 0.1) is 17.2 Å². The van der Waals surface area contributed by atoms with E-state index in [1.165, 1.54) is 12.8 Å². The van der Waals surface area contributed by atoms with Crippen molar-refractivity contribution >= 4 is 0 Å². The Balaban J connectivity index is 2.14. The first-order chi connectivity index (χ1) is 8.70. The van der Waals surface area contributed by atoms with Gasteiger partial charge >= 0.3 is 0 Å². The van der Waals surface area contributed by atoms with Crippen LogP contribution in [-0.2, 0) is 5.41 Å². The molecule has 2 nitrogen and oxygen atoms in total. The van der Waals surface area contributed by atoms with Crippen molar-refractivity contribution in [2.75, 3.05) is 0 Å². The minimum Gasteiger partial charge on any atom is -0.508 e. The molecule has 2 rings (SSSR count). The minimum absolute atomic E-state index is 0.270. The lowest BCUT2D eigenvalue weighted by Gasteiger charge is -2.35. The summed E-state index contributed by atoms with van der Waals surface area (Å²) in [6.07, 6.45) is 6.75. The van der Waals surface area contributed by atoms with E-state index >= 15 is 0 Å². The summed E-state index contributed by atoms with van der Waals surface area (Å²) >= 11 is 0. The Hall–Kier alpha value is -1.49. The van der Waals surface area contributed by atoms with Crippen LogP contribution in [0.5, 0.6) is 5.75 Å². The molecule has 0 amide bonds. The lowest BCUT2D eigenvalue weighted by Crippen LogP contribution is -2.30. The van der Waals surface area contributed by atoms with Gasteiger partial charge in [-0.1, -0.05) is 31.9 Å². The van der Waals surface area contributed by atoms with Gasteiger partial charge in [-0.15, -0.1) is 0 Å². The molecule has 0 aliphatic heterocycles. The summed E-state index contributed by atoms with van der Waals surface area (Å²) in [7, 11) is 0. The Bertz CT molecular complexity index is 421. The molecule has 0 radical (unpaired) electrons. The molecule has 18 heavy (non-hydrogen) atoms. The molecule has 1 aromatic carbocycles. The summed E-state index contributed by atoms with van der Waals surface area (Å²) in [5.41, 5.74) is 0.746. The molecule has 1 saturated carbocycles. The van der Waals surface area contributed by atoms with Gasteiger partial charge in [0.05, 0.1) is 11.5 Å². The molecule has 1 aromatic rings. The topological polar surface area (TPSA) is 44.0 Å². The predicted octanol–water partition coefficient (Wildman–Crippen LogP) is 4.14. The molecule has 1 N–H and O–H groups in total. The summed E-state index contributed by atoms with van der Waals surface area (Å²) in [5, 5.41) is 18.9. The lowest BCUT2D eigenvalue weighted by atomic mass is 9.67. The fourth-order valence-electron chi connectivity index (χ4n) is 3.11. The average molecular weight is 243 g/mol. The number of hydrogen-bond donors (Lipinski definition) is 1. The Labute approximate surface area is 109 Å². The zero-order valence-corrected chi connectivity index (χ0v) is 11.0. The Kier molecular flexibility index (Phi) is 3.91. The summed E-state index contributed by atoms with van der Waals surface area (Å²) < 4.78 is 0. The van der Waals surface area contributed by atoms with Crippen molar-refractivity contribution < 1.29 is 5.11 Å². The van der Waals surface area contributed by atoms with E-state index in [1.54, 1.807) is 12.1 Å². The molecule has 96 valence electrons. The maximum atomic E-state index is 9.57. The molecule has 0 heterocycles. The van der Waals surface area contributed by atoms with Crippen LogP contribution in [-0.4, -0.2) is 5.11 Å². The normalized spacial score (nSPS) is 27.7. The number of hydrogen-bond acceptors (Lipinski definition) is 2. The van der Waals surface area contributed by atoms with E-state index in [9.17, 15) is 10.4 Å². The molecule has 0 unspecified atom stereocenters. The third kappa shape index (κ3) is 2.51. The highest BCUT2D eigenvalue weighted by Crippen LogP contribution is 2.42. The summed E-state index contributed by atoms with van der Waals surface area (Å²) in [5.74, 6) is 1.07. The molecule has 1 aliphatic rings. The molecule has 2 heteroatoms. The monoisotopic (exact) mass is 243 g/mol. The van der Waals surface area contributed by atoms with Crippen molar-refractivity contribution in [3.8, 4) is 11.8 Å². The fourth-order valence-corrected chi connectivity index (χ4v) is 3.11. The number of nitrogens with zero attached hydrogens (tertiary/aromatic N) is 1. The van der Waals surface area contributed by atoms with Gasteiger partial charge in [0.2, 0.25) is 0 Å². The molecular weight excluding hydrogens is 222 g/mol. The van der Waals surface area contributed by atoms with E-state index < -0.39 is 0 Å². The Morgan fingerprint density at radius 3 is 2.39 bits per heavy atom. The summed E-state index contributed by atoms with van der Waals surface area (Å²) in [6.45, 7) is 2.23. The number of nitriles is 1. The number of benzene rings is 1. The number of phenolic OH excluding ortho intramolecular Hbond substituents is 1. The molecule has 0 saturated heterocycles. The number of phenols is 1. The summed E-state index contributed by atoms with van der Waals surface area (Å²) in [6, 6.07) is 9.71. The second-order valence-corrected chi connectivity index (χ2v) is 5.47. The largest absolute Gasteiger partial charge is 0.508 e. The van der Waals surface area contributed by atoms with Crippen LogP contribution in [0.4, 0.5) is 0 Å². The van der Waals surface area contributed by atoms with E-state index in [4.69, 9.17) is 0 Å². The van der Waals surface area contributed by atoms with Gasteiger partial charge in [-0.05, 0) is 49.3 Å². The van der Waals surface area contributed by atoms with Crippen LogP contribution in [0.15, 0.2) is 24.3 Å². The van der Waals surface area contributed by atoms with E-state index in [0.29, 0.717) is 0 Å². The van der Waals surface area contributed by atoms with E-state index in [0.717, 1.165) is 37.2 Å². The first-order valence-corrected chi connectivity index (χ1v) is 6.91. The van der Waals surface area contributed by atoms with Crippen molar-refractivity contribution in [3.05, 3.63) is 29.8 Å². The number of rotatable bonds is 3. The smallest absolute Gasteiger partial charge is 0.115 e. The van der Waals surface area contributed by atoms with Gasteiger partial charge in [-0.3, -0.25) is 0 Å². The van der Waals surface area contributed by atoms with Crippen molar-refractivity contribution in [2.45, 2.75) is 50.9 Å². The Morgan fingerprint density at radius 2 is 1.89 bits per heavy atom. The van der Waals surface area contributed by atoms with Crippen LogP contribution in [0.25, 0.3) is 0 Å². The van der Waals surface area contributed by atoms with Gasteiger partial charge in [0.15, 0.2) is 0 Å². The first-order valence-electron chi connectivity index (χ1n) is 6.91. The van der Waals surface area contributed by atoms with Crippen LogP contribution >= 0.6 is 0 Å². The van der Waals surface area contributed by atoms with Gasteiger partial charge in [0.1, 0.15) is 5.75 Å². The van der Waals surface area contributed by atoms with Crippen LogP contribution in [0.1, 0.15) is 51.0 Å². The fraction of sp³-hybridized carbons (Fsp3) is 0.562. The van der Waals surface area contributed by atoms with Gasteiger partial charge in [-0.25, -0.2) is 0 Å². The van der Waals surface area contributed by atoms with Crippen molar-refractivity contribution in [1.82, 2.24) is 0 Å². The first kappa shape index (κ1) is 13.0. The second kappa shape index (κ2) is 5.44. The van der Waals surface area contributed by atoms with Gasteiger partial charge in [0.25, 0.3) is 0 Å². The maximum absolute atomic E-state index is 9.57. The molecule has 1 fully saturated rings. The maximum Gasteiger partial charge on any atom is 0.115 e. The van der Waals surface area contributed by atoms with Crippen LogP contribution < -0.4 is 0 Å². The molecule has 0 bridgehead atoms. The average Bonchev–Trinajstić information content (AvgIpc) is 2.41. The van der Waals surface area contributed by atoms with Crippen LogP contribution in [0.2, 0.25) is 0 Å². The molecule has 0 aromatic heterocycles. The zero-order chi connectivity index (χ0) is 13.0. The predicted molar refractivity (Wildman–Crippen MR) is 72.3 cm³/mol. The van der Waals surface area contributed by atoms with Crippen molar-refractivity contribution in [3.63, 3.8) is 0 Å². The van der Waals surface area contributed by atoms with E-state index in [2.05, 4.69) is 13.0 Å². The molecule has 1 aliphatic carbocycles. The molecule has 0 spiro atoms. The second-order valence-electron chi connectivity index (χ2n) is 5.47. The quantitative estimate of drug-likeness (QED) is 0.867. The highest BCUT2D eigenvalue weighted by atomic mass is 16.3. The Morgan fingerprint density at radius 1 is 1.28 bits per heavy atom. The highest BCUT2D eigenvalue weighted by Gasteiger charge is 2.36. The molecular formula is C16H21NO. The van der Waals surface area contributed by atoms with Gasteiger partial charge in [0, 0.05) is 0 Å². The standard InChI is InChI=1S/C16H21NO/c1-2-3-13-8-10-16(12-17,11-9-13)14-4-6-15(18)7-5-14/h4-7,13,18H,2-3,8-11H2,1H3. The zero-order valence-electron chi connectivity index (χ0n) is 11.0. The minimum atomic E-state index is -0.321. The van der Waals surface area contributed by atoms with E-state index in [1.807, 2.05) is 12.1 Å². The third-order valence-corrected chi connectivity index (χ3v) is 4.29. The van der Waals surface area contributed by atoms with Gasteiger partial charge in [-0.2, -0.15) is 5.26 Å². The third-order valence-electron chi connectivity index (χ3n) is 4.29. The summed E-state index contributed by atoms with van der Waals surface area (Å²) in [4.78, 5) is 0. The molecule has 0 atom stereocenters.